The SMILES string of the molecule is Clc1cccc(CNCc2cncs2)c1. The Bertz CT molecular complexity index is 414. The average Bonchev–Trinajstić information content (AvgIpc) is 2.71. The number of nitrogens with one attached hydrogen (secondary N) is 1. The smallest absolute Gasteiger partial charge is 0.0794 e. The van der Waals surface area contributed by atoms with Crippen molar-refractivity contribution in [1.82, 2.24) is 10.3 Å². The van der Waals surface area contributed by atoms with E-state index in [1.54, 1.807) is 11.3 Å². The molecule has 1 aromatic heterocycles. The fourth-order valence-electron chi connectivity index (χ4n) is 1.31. The second-order valence-electron chi connectivity index (χ2n) is 3.20. The van der Waals surface area contributed by atoms with Crippen molar-refractivity contribution < 1.29 is 0 Å². The molecule has 0 bridgehead atoms. The van der Waals surface area contributed by atoms with E-state index >= 15 is 0 Å². The summed E-state index contributed by atoms with van der Waals surface area (Å²) in [5.74, 6) is 0. The molecule has 1 N–H and O–H groups in total. The predicted octanol–water partition coefficient (Wildman–Crippen LogP) is 3.09. The highest BCUT2D eigenvalue weighted by Crippen LogP contribution is 2.11. The zero-order chi connectivity index (χ0) is 10.5. The Hall–Kier alpha value is -0.900. The van der Waals surface area contributed by atoms with E-state index in [1.165, 1.54) is 10.4 Å². The Kier molecular flexibility index (Phi) is 3.72. The van der Waals surface area contributed by atoms with Crippen LogP contribution in [-0.2, 0) is 13.1 Å². The normalized spacial score (nSPS) is 10.5. The zero-order valence-electron chi connectivity index (χ0n) is 8.11. The topological polar surface area (TPSA) is 24.9 Å². The van der Waals surface area contributed by atoms with Gasteiger partial charge in [-0.05, 0) is 17.7 Å². The maximum atomic E-state index is 5.89. The molecule has 0 atom stereocenters. The Morgan fingerprint density at radius 2 is 2.27 bits per heavy atom. The lowest BCUT2D eigenvalue weighted by molar-refractivity contribution is 0.700. The number of hydrogen-bond acceptors (Lipinski definition) is 3. The molecule has 2 aromatic rings. The van der Waals surface area contributed by atoms with Gasteiger partial charge >= 0.3 is 0 Å². The molecular weight excluding hydrogens is 228 g/mol. The van der Waals surface area contributed by atoms with E-state index in [0.29, 0.717) is 0 Å². The zero-order valence-corrected chi connectivity index (χ0v) is 9.68. The standard InChI is InChI=1S/C11H11ClN2S/c12-10-3-1-2-9(4-10)5-13-6-11-7-14-8-15-11/h1-4,7-8,13H,5-6H2. The third kappa shape index (κ3) is 3.30. The van der Waals surface area contributed by atoms with Crippen molar-refractivity contribution >= 4 is 22.9 Å². The number of hydrogen-bond donors (Lipinski definition) is 1. The van der Waals surface area contributed by atoms with Gasteiger partial charge in [-0.25, -0.2) is 0 Å². The summed E-state index contributed by atoms with van der Waals surface area (Å²) in [6, 6.07) is 7.88. The minimum atomic E-state index is 0.784. The number of benzene rings is 1. The Balaban J connectivity index is 1.83. The summed E-state index contributed by atoms with van der Waals surface area (Å²) in [6.45, 7) is 1.69. The first kappa shape index (κ1) is 10.6. The van der Waals surface area contributed by atoms with E-state index in [0.717, 1.165) is 18.1 Å². The molecule has 0 aliphatic heterocycles. The number of aromatic nitrogens is 1. The highest BCUT2D eigenvalue weighted by Gasteiger charge is 1.96. The molecule has 0 saturated carbocycles. The minimum absolute atomic E-state index is 0.784. The molecule has 0 spiro atoms. The number of thiazole rings is 1. The number of halogens is 1. The number of rotatable bonds is 4. The second-order valence-corrected chi connectivity index (χ2v) is 4.61. The van der Waals surface area contributed by atoms with Crippen LogP contribution in [0, 0.1) is 0 Å². The van der Waals surface area contributed by atoms with Crippen LogP contribution in [0.15, 0.2) is 36.0 Å². The predicted molar refractivity (Wildman–Crippen MR) is 64.1 cm³/mol. The third-order valence-electron chi connectivity index (χ3n) is 2.00. The molecule has 4 heteroatoms. The fraction of sp³-hybridized carbons (Fsp3) is 0.182. The van der Waals surface area contributed by atoms with Crippen LogP contribution in [0.4, 0.5) is 0 Å². The van der Waals surface area contributed by atoms with Crippen LogP contribution in [0.25, 0.3) is 0 Å². The number of nitrogens with zero attached hydrogens (tertiary/aromatic N) is 1. The Morgan fingerprint density at radius 1 is 1.33 bits per heavy atom. The molecule has 0 unspecified atom stereocenters. The first-order chi connectivity index (χ1) is 7.34. The summed E-state index contributed by atoms with van der Waals surface area (Å²) >= 11 is 7.55. The molecule has 78 valence electrons. The molecule has 1 heterocycles. The van der Waals surface area contributed by atoms with Crippen LogP contribution in [-0.4, -0.2) is 4.98 Å². The van der Waals surface area contributed by atoms with Gasteiger partial charge in [-0.1, -0.05) is 23.7 Å². The molecule has 0 fully saturated rings. The lowest BCUT2D eigenvalue weighted by Crippen LogP contribution is -2.11. The molecule has 0 radical (unpaired) electrons. The molecule has 15 heavy (non-hydrogen) atoms. The highest BCUT2D eigenvalue weighted by molar-refractivity contribution is 7.09. The maximum absolute atomic E-state index is 5.89. The van der Waals surface area contributed by atoms with Gasteiger partial charge in [0.25, 0.3) is 0 Å². The third-order valence-corrected chi connectivity index (χ3v) is 3.02. The van der Waals surface area contributed by atoms with E-state index in [2.05, 4.69) is 16.4 Å². The molecule has 0 aliphatic carbocycles. The van der Waals surface area contributed by atoms with E-state index in [9.17, 15) is 0 Å². The maximum Gasteiger partial charge on any atom is 0.0794 e. The van der Waals surface area contributed by atoms with E-state index < -0.39 is 0 Å². The first-order valence-corrected chi connectivity index (χ1v) is 5.93. The summed E-state index contributed by atoms with van der Waals surface area (Å²) in [5.41, 5.74) is 3.04. The highest BCUT2D eigenvalue weighted by atomic mass is 35.5. The van der Waals surface area contributed by atoms with Gasteiger partial charge in [-0.15, -0.1) is 11.3 Å². The first-order valence-electron chi connectivity index (χ1n) is 4.67. The van der Waals surface area contributed by atoms with Gasteiger partial charge in [0.15, 0.2) is 0 Å². The van der Waals surface area contributed by atoms with Crippen LogP contribution in [0.5, 0.6) is 0 Å². The van der Waals surface area contributed by atoms with Crippen molar-refractivity contribution in [3.8, 4) is 0 Å². The van der Waals surface area contributed by atoms with Crippen LogP contribution in [0.3, 0.4) is 0 Å². The van der Waals surface area contributed by atoms with E-state index in [1.807, 2.05) is 29.9 Å². The fourth-order valence-corrected chi connectivity index (χ4v) is 2.08. The van der Waals surface area contributed by atoms with E-state index in [-0.39, 0.29) is 0 Å². The molecular formula is C11H11ClN2S. The largest absolute Gasteiger partial charge is 0.308 e. The Labute approximate surface area is 97.9 Å². The van der Waals surface area contributed by atoms with Crippen molar-refractivity contribution in [3.05, 3.63) is 51.4 Å². The average molecular weight is 239 g/mol. The Morgan fingerprint density at radius 3 is 3.00 bits per heavy atom. The minimum Gasteiger partial charge on any atom is -0.308 e. The summed E-state index contributed by atoms with van der Waals surface area (Å²) in [7, 11) is 0. The van der Waals surface area contributed by atoms with Crippen LogP contribution < -0.4 is 5.32 Å². The lowest BCUT2D eigenvalue weighted by Gasteiger charge is -2.03. The van der Waals surface area contributed by atoms with Gasteiger partial charge in [0, 0.05) is 29.2 Å². The van der Waals surface area contributed by atoms with Crippen molar-refractivity contribution in [3.63, 3.8) is 0 Å². The molecule has 2 rings (SSSR count). The second kappa shape index (κ2) is 5.26. The summed E-state index contributed by atoms with van der Waals surface area (Å²) in [4.78, 5) is 5.27. The van der Waals surface area contributed by atoms with Gasteiger partial charge in [0.2, 0.25) is 0 Å². The van der Waals surface area contributed by atoms with Gasteiger partial charge < -0.3 is 5.32 Å². The summed E-state index contributed by atoms with van der Waals surface area (Å²) < 4.78 is 0. The van der Waals surface area contributed by atoms with Gasteiger partial charge in [-0.2, -0.15) is 0 Å². The molecule has 0 saturated heterocycles. The van der Waals surface area contributed by atoms with Crippen molar-refractivity contribution in [1.29, 1.82) is 0 Å². The van der Waals surface area contributed by atoms with Crippen LogP contribution >= 0.6 is 22.9 Å². The van der Waals surface area contributed by atoms with Crippen molar-refractivity contribution in [2.45, 2.75) is 13.1 Å². The van der Waals surface area contributed by atoms with Crippen molar-refractivity contribution in [2.75, 3.05) is 0 Å². The van der Waals surface area contributed by atoms with Crippen LogP contribution in [0.2, 0.25) is 5.02 Å². The van der Waals surface area contributed by atoms with Crippen molar-refractivity contribution in [2.24, 2.45) is 0 Å². The summed E-state index contributed by atoms with van der Waals surface area (Å²) in [5, 5.41) is 4.13. The quantitative estimate of drug-likeness (QED) is 0.886. The van der Waals surface area contributed by atoms with Gasteiger partial charge in [0.1, 0.15) is 0 Å². The van der Waals surface area contributed by atoms with E-state index in [4.69, 9.17) is 11.6 Å². The van der Waals surface area contributed by atoms with Crippen LogP contribution in [0.1, 0.15) is 10.4 Å². The molecule has 2 nitrogen and oxygen atoms in total. The monoisotopic (exact) mass is 238 g/mol. The molecule has 1 aromatic carbocycles. The molecule has 0 aliphatic rings. The molecule has 0 amide bonds. The lowest BCUT2D eigenvalue weighted by atomic mass is 10.2. The summed E-state index contributed by atoms with van der Waals surface area (Å²) in [6.07, 6.45) is 1.88. The van der Waals surface area contributed by atoms with Gasteiger partial charge in [-0.3, -0.25) is 4.98 Å². The van der Waals surface area contributed by atoms with Gasteiger partial charge in [0.05, 0.1) is 5.51 Å².